The number of nitrogens with zero attached hydrogens (tertiary/aromatic N) is 4. The Labute approximate surface area is 162 Å². The third-order valence-corrected chi connectivity index (χ3v) is 4.77. The van der Waals surface area contributed by atoms with Crippen molar-refractivity contribution in [3.05, 3.63) is 46.5 Å². The van der Waals surface area contributed by atoms with Gasteiger partial charge in [-0.1, -0.05) is 24.1 Å². The zero-order valence-corrected chi connectivity index (χ0v) is 17.2. The first kappa shape index (κ1) is 20.5. The minimum absolute atomic E-state index is 0.545. The van der Waals surface area contributed by atoms with Gasteiger partial charge in [0.15, 0.2) is 0 Å². The molecule has 0 saturated carbocycles. The molecule has 0 bridgehead atoms. The highest BCUT2D eigenvalue weighted by atomic mass is 35.5. The smallest absolute Gasteiger partial charge is 0.136 e. The Kier molecular flexibility index (Phi) is 7.66. The van der Waals surface area contributed by atoms with Gasteiger partial charge in [0.25, 0.3) is 0 Å². The van der Waals surface area contributed by atoms with Crippen LogP contribution in [0.25, 0.3) is 0 Å². The van der Waals surface area contributed by atoms with Gasteiger partial charge in [-0.05, 0) is 39.3 Å². The first-order valence-corrected chi connectivity index (χ1v) is 9.41. The van der Waals surface area contributed by atoms with Crippen molar-refractivity contribution in [1.29, 1.82) is 0 Å². The molecule has 1 aromatic heterocycles. The van der Waals surface area contributed by atoms with Crippen LogP contribution in [0.2, 0.25) is 0 Å². The number of likely N-dealkylation sites (N-methyl/N-ethyl adjacent to an activating group) is 1. The average Bonchev–Trinajstić information content (AvgIpc) is 2.66. The topological polar surface area (TPSA) is 41.0 Å². The van der Waals surface area contributed by atoms with E-state index in [1.54, 1.807) is 6.20 Å². The molecule has 0 radical (unpaired) electrons. The summed E-state index contributed by atoms with van der Waals surface area (Å²) >= 11 is 6.69. The zero-order valence-electron chi connectivity index (χ0n) is 16.4. The SMILES string of the molecule is CC/C(C(=C(C)C)N(C)c1cccnc1)=C(\Cl)N=C(C)N1CCOCC1. The number of amidine groups is 1. The predicted octanol–water partition coefficient (Wildman–Crippen LogP) is 4.42. The molecule has 0 atom stereocenters. The second kappa shape index (κ2) is 9.74. The van der Waals surface area contributed by atoms with Crippen molar-refractivity contribution in [3.8, 4) is 0 Å². The highest BCUT2D eigenvalue weighted by Crippen LogP contribution is 2.30. The summed E-state index contributed by atoms with van der Waals surface area (Å²) < 4.78 is 5.41. The van der Waals surface area contributed by atoms with Gasteiger partial charge in [-0.3, -0.25) is 4.98 Å². The van der Waals surface area contributed by atoms with Crippen molar-refractivity contribution in [3.63, 3.8) is 0 Å². The number of allylic oxidation sites excluding steroid dienone is 2. The van der Waals surface area contributed by atoms with Crippen LogP contribution >= 0.6 is 11.6 Å². The Morgan fingerprint density at radius 3 is 2.54 bits per heavy atom. The number of ether oxygens (including phenoxy) is 1. The molecule has 0 aromatic carbocycles. The first-order valence-electron chi connectivity index (χ1n) is 9.04. The number of halogens is 1. The van der Waals surface area contributed by atoms with Gasteiger partial charge in [0.2, 0.25) is 0 Å². The highest BCUT2D eigenvalue weighted by molar-refractivity contribution is 6.30. The maximum Gasteiger partial charge on any atom is 0.136 e. The molecular formula is C20H29ClN4O. The molecule has 1 aliphatic rings. The Morgan fingerprint density at radius 1 is 1.31 bits per heavy atom. The molecule has 0 unspecified atom stereocenters. The number of rotatable bonds is 5. The third-order valence-electron chi connectivity index (χ3n) is 4.46. The van der Waals surface area contributed by atoms with E-state index < -0.39 is 0 Å². The average molecular weight is 377 g/mol. The van der Waals surface area contributed by atoms with Gasteiger partial charge in [-0.2, -0.15) is 0 Å². The van der Waals surface area contributed by atoms with Crippen LogP contribution in [0, 0.1) is 0 Å². The maximum atomic E-state index is 6.69. The molecule has 1 aromatic rings. The Morgan fingerprint density at radius 2 is 2.00 bits per heavy atom. The fourth-order valence-electron chi connectivity index (χ4n) is 3.10. The van der Waals surface area contributed by atoms with Crippen LogP contribution in [0.5, 0.6) is 0 Å². The molecule has 0 aliphatic carbocycles. The molecule has 26 heavy (non-hydrogen) atoms. The van der Waals surface area contributed by atoms with Crippen molar-refractivity contribution in [2.45, 2.75) is 34.1 Å². The number of aromatic nitrogens is 1. The van der Waals surface area contributed by atoms with Crippen molar-refractivity contribution >= 4 is 23.1 Å². The predicted molar refractivity (Wildman–Crippen MR) is 110 cm³/mol. The van der Waals surface area contributed by atoms with E-state index in [2.05, 4.69) is 35.6 Å². The maximum absolute atomic E-state index is 6.69. The number of hydrogen-bond acceptors (Lipinski definition) is 4. The van der Waals surface area contributed by atoms with Crippen LogP contribution in [0.1, 0.15) is 34.1 Å². The lowest BCUT2D eigenvalue weighted by molar-refractivity contribution is 0.0678. The van der Waals surface area contributed by atoms with Crippen LogP contribution in [0.3, 0.4) is 0 Å². The van der Waals surface area contributed by atoms with Gasteiger partial charge in [-0.25, -0.2) is 4.99 Å². The lowest BCUT2D eigenvalue weighted by atomic mass is 10.1. The second-order valence-corrected chi connectivity index (χ2v) is 6.86. The van der Waals surface area contributed by atoms with Crippen molar-refractivity contribution in [2.75, 3.05) is 38.3 Å². The van der Waals surface area contributed by atoms with Gasteiger partial charge < -0.3 is 14.5 Å². The number of aliphatic imine (C=N–C) groups is 1. The molecule has 2 heterocycles. The van der Waals surface area contributed by atoms with Gasteiger partial charge in [0.1, 0.15) is 11.0 Å². The second-order valence-electron chi connectivity index (χ2n) is 6.50. The van der Waals surface area contributed by atoms with Crippen LogP contribution in [-0.2, 0) is 4.74 Å². The number of hydrogen-bond donors (Lipinski definition) is 0. The van der Waals surface area contributed by atoms with E-state index in [4.69, 9.17) is 21.3 Å². The van der Waals surface area contributed by atoms with E-state index in [1.165, 1.54) is 5.57 Å². The first-order chi connectivity index (χ1) is 12.5. The van der Waals surface area contributed by atoms with E-state index in [9.17, 15) is 0 Å². The van der Waals surface area contributed by atoms with Crippen molar-refractivity contribution in [1.82, 2.24) is 9.88 Å². The largest absolute Gasteiger partial charge is 0.378 e. The summed E-state index contributed by atoms with van der Waals surface area (Å²) in [7, 11) is 2.04. The number of pyridine rings is 1. The summed E-state index contributed by atoms with van der Waals surface area (Å²) in [4.78, 5) is 13.3. The van der Waals surface area contributed by atoms with Crippen LogP contribution in [-0.4, -0.2) is 49.1 Å². The molecule has 0 N–H and O–H groups in total. The van der Waals surface area contributed by atoms with Crippen LogP contribution < -0.4 is 4.90 Å². The normalized spacial score (nSPS) is 16.2. The zero-order chi connectivity index (χ0) is 19.1. The summed E-state index contributed by atoms with van der Waals surface area (Å²) in [6.07, 6.45) is 4.43. The van der Waals surface area contributed by atoms with Crippen molar-refractivity contribution in [2.24, 2.45) is 4.99 Å². The summed E-state index contributed by atoms with van der Waals surface area (Å²) in [5.74, 6) is 0.932. The fourth-order valence-corrected chi connectivity index (χ4v) is 3.44. The van der Waals surface area contributed by atoms with Crippen LogP contribution in [0.15, 0.2) is 51.5 Å². The Balaban J connectivity index is 2.38. The lowest BCUT2D eigenvalue weighted by Gasteiger charge is -2.29. The minimum atomic E-state index is 0.545. The molecule has 1 fully saturated rings. The summed E-state index contributed by atoms with van der Waals surface area (Å²) in [5.41, 5.74) is 4.33. The summed E-state index contributed by atoms with van der Waals surface area (Å²) in [5, 5.41) is 0.545. The molecule has 0 amide bonds. The molecule has 0 spiro atoms. The van der Waals surface area contributed by atoms with Gasteiger partial charge >= 0.3 is 0 Å². The molecule has 6 heteroatoms. The fraction of sp³-hybridized carbons (Fsp3) is 0.500. The van der Waals surface area contributed by atoms with Crippen LogP contribution in [0.4, 0.5) is 5.69 Å². The number of anilines is 1. The standard InChI is InChI=1S/C20H29ClN4O/c1-6-18(20(21)23-16(4)25-10-12-26-13-11-25)19(15(2)3)24(5)17-8-7-9-22-14-17/h7-9,14H,6,10-13H2,1-5H3/b20-18-,23-16?. The minimum Gasteiger partial charge on any atom is -0.378 e. The molecular weight excluding hydrogens is 348 g/mol. The van der Waals surface area contributed by atoms with E-state index in [-0.39, 0.29) is 0 Å². The van der Waals surface area contributed by atoms with Gasteiger partial charge in [0.05, 0.1) is 25.1 Å². The van der Waals surface area contributed by atoms with E-state index in [1.807, 2.05) is 32.3 Å². The lowest BCUT2D eigenvalue weighted by Crippen LogP contribution is -2.39. The molecule has 1 saturated heterocycles. The monoisotopic (exact) mass is 376 g/mol. The van der Waals surface area contributed by atoms with E-state index >= 15 is 0 Å². The Hall–Kier alpha value is -1.85. The number of morpholine rings is 1. The molecule has 142 valence electrons. The summed E-state index contributed by atoms with van der Waals surface area (Å²) in [6.45, 7) is 11.5. The van der Waals surface area contributed by atoms with E-state index in [0.29, 0.717) is 5.16 Å². The third kappa shape index (κ3) is 5.08. The van der Waals surface area contributed by atoms with Gasteiger partial charge in [-0.15, -0.1) is 0 Å². The molecule has 5 nitrogen and oxygen atoms in total. The molecule has 1 aliphatic heterocycles. The Bertz CT molecular complexity index is 687. The van der Waals surface area contributed by atoms with E-state index in [0.717, 1.165) is 55.5 Å². The van der Waals surface area contributed by atoms with Crippen molar-refractivity contribution < 1.29 is 4.74 Å². The summed E-state index contributed by atoms with van der Waals surface area (Å²) in [6, 6.07) is 3.98. The highest BCUT2D eigenvalue weighted by Gasteiger charge is 2.18. The quantitative estimate of drug-likeness (QED) is 0.330. The van der Waals surface area contributed by atoms with Gasteiger partial charge in [0, 0.05) is 37.6 Å². The molecule has 2 rings (SSSR count).